The highest BCUT2D eigenvalue weighted by molar-refractivity contribution is 7.99. The van der Waals surface area contributed by atoms with E-state index in [4.69, 9.17) is 11.6 Å². The second-order valence-electron chi connectivity index (χ2n) is 4.23. The topological polar surface area (TPSA) is 27.8 Å². The Morgan fingerprint density at radius 1 is 1.39 bits per heavy atom. The summed E-state index contributed by atoms with van der Waals surface area (Å²) < 4.78 is 0. The van der Waals surface area contributed by atoms with E-state index >= 15 is 0 Å². The normalized spacial score (nSPS) is 11.2. The minimum Gasteiger partial charge on any atom is -0.361 e. The van der Waals surface area contributed by atoms with E-state index in [1.165, 1.54) is 28.9 Å². The predicted octanol–water partition coefficient (Wildman–Crippen LogP) is 4.05. The Balaban J connectivity index is 1.84. The Morgan fingerprint density at radius 3 is 3.11 bits per heavy atom. The molecular formula is C14H19ClN2S. The summed E-state index contributed by atoms with van der Waals surface area (Å²) in [4.78, 5) is 3.26. The molecule has 2 N–H and O–H groups in total. The van der Waals surface area contributed by atoms with Gasteiger partial charge in [-0.15, -0.1) is 0 Å². The van der Waals surface area contributed by atoms with Gasteiger partial charge in [0.25, 0.3) is 0 Å². The molecule has 0 aliphatic heterocycles. The van der Waals surface area contributed by atoms with Gasteiger partial charge in [-0.2, -0.15) is 11.8 Å². The van der Waals surface area contributed by atoms with E-state index in [0.29, 0.717) is 0 Å². The number of aromatic amines is 1. The fourth-order valence-electron chi connectivity index (χ4n) is 1.97. The second kappa shape index (κ2) is 7.07. The Hall–Kier alpha value is -0.640. The van der Waals surface area contributed by atoms with Crippen LogP contribution in [0.5, 0.6) is 0 Å². The lowest BCUT2D eigenvalue weighted by molar-refractivity contribution is 0.681. The molecule has 1 heterocycles. The van der Waals surface area contributed by atoms with Crippen molar-refractivity contribution in [3.63, 3.8) is 0 Å². The lowest BCUT2D eigenvalue weighted by Gasteiger charge is -2.03. The molecule has 0 atom stereocenters. The summed E-state index contributed by atoms with van der Waals surface area (Å²) >= 11 is 7.96. The molecule has 0 fully saturated rings. The van der Waals surface area contributed by atoms with E-state index in [9.17, 15) is 0 Å². The van der Waals surface area contributed by atoms with Crippen molar-refractivity contribution in [1.82, 2.24) is 10.3 Å². The molecule has 0 aliphatic rings. The lowest BCUT2D eigenvalue weighted by atomic mass is 10.2. The van der Waals surface area contributed by atoms with Crippen molar-refractivity contribution in [2.75, 3.05) is 18.1 Å². The average molecular weight is 283 g/mol. The molecule has 1 aromatic carbocycles. The minimum absolute atomic E-state index is 0.778. The van der Waals surface area contributed by atoms with Crippen molar-refractivity contribution in [3.8, 4) is 0 Å². The molecule has 0 aliphatic carbocycles. The van der Waals surface area contributed by atoms with Crippen LogP contribution in [0.1, 0.15) is 18.9 Å². The largest absolute Gasteiger partial charge is 0.361 e. The fourth-order valence-corrected chi connectivity index (χ4v) is 2.78. The van der Waals surface area contributed by atoms with Gasteiger partial charge in [-0.25, -0.2) is 0 Å². The third-order valence-electron chi connectivity index (χ3n) is 2.89. The van der Waals surface area contributed by atoms with Gasteiger partial charge < -0.3 is 10.3 Å². The Labute approximate surface area is 117 Å². The van der Waals surface area contributed by atoms with Crippen LogP contribution in [0.25, 0.3) is 10.9 Å². The Morgan fingerprint density at radius 2 is 2.28 bits per heavy atom. The molecule has 0 unspecified atom stereocenters. The number of H-pyrrole nitrogens is 1. The summed E-state index contributed by atoms with van der Waals surface area (Å²) in [5, 5.41) is 5.52. The van der Waals surface area contributed by atoms with E-state index in [2.05, 4.69) is 29.5 Å². The van der Waals surface area contributed by atoms with E-state index in [1.807, 2.05) is 23.9 Å². The van der Waals surface area contributed by atoms with Crippen molar-refractivity contribution < 1.29 is 0 Å². The molecule has 0 saturated heterocycles. The maximum absolute atomic E-state index is 5.97. The van der Waals surface area contributed by atoms with Gasteiger partial charge in [-0.1, -0.05) is 24.6 Å². The van der Waals surface area contributed by atoms with Gasteiger partial charge in [-0.05, 0) is 42.2 Å². The van der Waals surface area contributed by atoms with Crippen LogP contribution in [0, 0.1) is 0 Å². The van der Waals surface area contributed by atoms with Crippen LogP contribution in [-0.4, -0.2) is 23.0 Å². The quantitative estimate of drug-likeness (QED) is 0.750. The van der Waals surface area contributed by atoms with Crippen LogP contribution in [-0.2, 0) is 6.54 Å². The molecule has 18 heavy (non-hydrogen) atoms. The summed E-state index contributed by atoms with van der Waals surface area (Å²) in [5.74, 6) is 2.45. The summed E-state index contributed by atoms with van der Waals surface area (Å²) in [7, 11) is 0. The van der Waals surface area contributed by atoms with E-state index in [-0.39, 0.29) is 0 Å². The van der Waals surface area contributed by atoms with Gasteiger partial charge in [0.2, 0.25) is 0 Å². The summed E-state index contributed by atoms with van der Waals surface area (Å²) in [6.45, 7) is 4.20. The number of thioether (sulfide) groups is 1. The summed E-state index contributed by atoms with van der Waals surface area (Å²) in [6.07, 6.45) is 3.29. The highest BCUT2D eigenvalue weighted by Crippen LogP contribution is 2.21. The third-order valence-corrected chi connectivity index (χ3v) is 4.11. The zero-order chi connectivity index (χ0) is 12.8. The van der Waals surface area contributed by atoms with Crippen molar-refractivity contribution >= 4 is 34.3 Å². The standard InChI is InChI=1S/C14H19ClN2S/c1-2-18-7-3-6-16-9-11-10-17-14-8-12(15)4-5-13(11)14/h4-5,8,10,16-17H,2-3,6-7,9H2,1H3. The number of hydrogen-bond acceptors (Lipinski definition) is 2. The molecule has 2 rings (SSSR count). The summed E-state index contributed by atoms with van der Waals surface area (Å²) in [6, 6.07) is 6.00. The van der Waals surface area contributed by atoms with Crippen LogP contribution in [0.3, 0.4) is 0 Å². The molecule has 0 spiro atoms. The first-order valence-corrected chi connectivity index (χ1v) is 7.88. The molecule has 0 amide bonds. The van der Waals surface area contributed by atoms with Crippen LogP contribution in [0.15, 0.2) is 24.4 Å². The molecule has 0 saturated carbocycles. The van der Waals surface area contributed by atoms with E-state index in [0.717, 1.165) is 23.6 Å². The monoisotopic (exact) mass is 282 g/mol. The van der Waals surface area contributed by atoms with Gasteiger partial charge in [-0.3, -0.25) is 0 Å². The number of aromatic nitrogens is 1. The van der Waals surface area contributed by atoms with Gasteiger partial charge in [0.15, 0.2) is 0 Å². The van der Waals surface area contributed by atoms with Gasteiger partial charge in [0.05, 0.1) is 0 Å². The maximum Gasteiger partial charge on any atom is 0.0472 e. The first-order chi connectivity index (χ1) is 8.81. The SMILES string of the molecule is CCSCCCNCc1c[nH]c2cc(Cl)ccc12. The van der Waals surface area contributed by atoms with Crippen LogP contribution >= 0.6 is 23.4 Å². The molecule has 0 bridgehead atoms. The van der Waals surface area contributed by atoms with Crippen molar-refractivity contribution in [2.24, 2.45) is 0 Å². The zero-order valence-electron chi connectivity index (χ0n) is 10.6. The molecule has 2 aromatic rings. The van der Waals surface area contributed by atoms with E-state index < -0.39 is 0 Å². The second-order valence-corrected chi connectivity index (χ2v) is 6.06. The fraction of sp³-hybridized carbons (Fsp3) is 0.429. The number of nitrogens with one attached hydrogen (secondary N) is 2. The van der Waals surface area contributed by atoms with Gasteiger partial charge in [0, 0.05) is 28.7 Å². The molecule has 0 radical (unpaired) electrons. The molecule has 1 aromatic heterocycles. The smallest absolute Gasteiger partial charge is 0.0472 e. The van der Waals surface area contributed by atoms with Crippen LogP contribution < -0.4 is 5.32 Å². The van der Waals surface area contributed by atoms with Gasteiger partial charge in [0.1, 0.15) is 0 Å². The van der Waals surface area contributed by atoms with Crippen LogP contribution in [0.2, 0.25) is 5.02 Å². The first kappa shape index (κ1) is 13.8. The van der Waals surface area contributed by atoms with Crippen molar-refractivity contribution in [3.05, 3.63) is 35.0 Å². The molecular weight excluding hydrogens is 264 g/mol. The molecule has 4 heteroatoms. The minimum atomic E-state index is 0.778. The molecule has 98 valence electrons. The highest BCUT2D eigenvalue weighted by atomic mass is 35.5. The lowest BCUT2D eigenvalue weighted by Crippen LogP contribution is -2.15. The highest BCUT2D eigenvalue weighted by Gasteiger charge is 2.03. The Bertz CT molecular complexity index is 495. The van der Waals surface area contributed by atoms with Gasteiger partial charge >= 0.3 is 0 Å². The van der Waals surface area contributed by atoms with E-state index in [1.54, 1.807) is 0 Å². The number of benzene rings is 1. The summed E-state index contributed by atoms with van der Waals surface area (Å²) in [5.41, 5.74) is 2.42. The average Bonchev–Trinajstić information content (AvgIpc) is 2.76. The number of halogens is 1. The number of rotatable bonds is 7. The molecule has 2 nitrogen and oxygen atoms in total. The zero-order valence-corrected chi connectivity index (χ0v) is 12.2. The maximum atomic E-state index is 5.97. The van der Waals surface area contributed by atoms with Crippen LogP contribution in [0.4, 0.5) is 0 Å². The number of fused-ring (bicyclic) bond motifs is 1. The first-order valence-electron chi connectivity index (χ1n) is 6.35. The van der Waals surface area contributed by atoms with Crippen molar-refractivity contribution in [1.29, 1.82) is 0 Å². The number of hydrogen-bond donors (Lipinski definition) is 2. The predicted molar refractivity (Wildman–Crippen MR) is 82.6 cm³/mol. The Kier molecular flexibility index (Phi) is 5.42. The van der Waals surface area contributed by atoms with Crippen molar-refractivity contribution in [2.45, 2.75) is 19.9 Å². The third kappa shape index (κ3) is 3.67.